The Morgan fingerprint density at radius 1 is 1.58 bits per heavy atom. The fourth-order valence-corrected chi connectivity index (χ4v) is 1.87. The molecule has 0 fully saturated rings. The molecule has 1 aliphatic heterocycles. The van der Waals surface area contributed by atoms with Crippen LogP contribution in [0.2, 0.25) is 0 Å². The SMILES string of the molecule is CCc1cn([C@@H]2OC(CO)=C(O)C2O)c(=O)nc1N. The van der Waals surface area contributed by atoms with Gasteiger partial charge in [0.2, 0.25) is 6.23 Å². The minimum absolute atomic E-state index is 0.121. The molecule has 8 heteroatoms. The third kappa shape index (κ3) is 2.15. The molecule has 0 saturated heterocycles. The van der Waals surface area contributed by atoms with Gasteiger partial charge in [0.25, 0.3) is 0 Å². The van der Waals surface area contributed by atoms with Crippen LogP contribution in [0.1, 0.15) is 18.7 Å². The maximum absolute atomic E-state index is 11.8. The Labute approximate surface area is 108 Å². The van der Waals surface area contributed by atoms with Crippen molar-refractivity contribution >= 4 is 5.82 Å². The molecule has 2 atom stereocenters. The van der Waals surface area contributed by atoms with E-state index >= 15 is 0 Å². The summed E-state index contributed by atoms with van der Waals surface area (Å²) in [5.74, 6) is -0.538. The molecule has 2 rings (SSSR count). The van der Waals surface area contributed by atoms with Crippen molar-refractivity contribution in [2.24, 2.45) is 0 Å². The molecular formula is C11H15N3O5. The second-order valence-corrected chi connectivity index (χ2v) is 4.11. The fraction of sp³-hybridized carbons (Fsp3) is 0.455. The number of aliphatic hydroxyl groups is 3. The van der Waals surface area contributed by atoms with Crippen molar-refractivity contribution in [3.05, 3.63) is 33.8 Å². The van der Waals surface area contributed by atoms with Crippen LogP contribution in [0.5, 0.6) is 0 Å². The van der Waals surface area contributed by atoms with Crippen LogP contribution in [0, 0.1) is 0 Å². The van der Waals surface area contributed by atoms with E-state index in [0.29, 0.717) is 12.0 Å². The van der Waals surface area contributed by atoms with Gasteiger partial charge in [0.1, 0.15) is 12.4 Å². The lowest BCUT2D eigenvalue weighted by Crippen LogP contribution is -2.33. The number of nitrogen functional groups attached to an aromatic ring is 1. The molecule has 0 bridgehead atoms. The molecule has 0 spiro atoms. The van der Waals surface area contributed by atoms with Gasteiger partial charge in [-0.1, -0.05) is 6.92 Å². The maximum atomic E-state index is 11.8. The Kier molecular flexibility index (Phi) is 3.45. The van der Waals surface area contributed by atoms with Crippen molar-refractivity contribution in [2.75, 3.05) is 12.3 Å². The van der Waals surface area contributed by atoms with Crippen LogP contribution in [0.25, 0.3) is 0 Å². The van der Waals surface area contributed by atoms with Crippen LogP contribution in [0.15, 0.2) is 22.5 Å². The van der Waals surface area contributed by atoms with Crippen molar-refractivity contribution in [1.29, 1.82) is 0 Å². The molecule has 0 aromatic carbocycles. The van der Waals surface area contributed by atoms with E-state index in [9.17, 15) is 15.0 Å². The standard InChI is InChI=1S/C11H15N3O5/c1-2-5-3-14(11(18)13-9(5)12)10-8(17)7(16)6(4-15)19-10/h3,8,10,15-17H,2,4H2,1H3,(H2,12,13,18)/t8?,10-/m1/s1. The molecule has 0 saturated carbocycles. The summed E-state index contributed by atoms with van der Waals surface area (Å²) in [7, 11) is 0. The predicted molar refractivity (Wildman–Crippen MR) is 65.2 cm³/mol. The highest BCUT2D eigenvalue weighted by Crippen LogP contribution is 2.30. The van der Waals surface area contributed by atoms with Gasteiger partial charge in [-0.25, -0.2) is 4.79 Å². The zero-order chi connectivity index (χ0) is 14.2. The summed E-state index contributed by atoms with van der Waals surface area (Å²) in [4.78, 5) is 15.4. The average Bonchev–Trinajstić information content (AvgIpc) is 2.67. The smallest absolute Gasteiger partial charge is 0.352 e. The Morgan fingerprint density at radius 3 is 2.79 bits per heavy atom. The Hall–Kier alpha value is -2.06. The molecule has 0 radical (unpaired) electrons. The molecule has 5 N–H and O–H groups in total. The van der Waals surface area contributed by atoms with Crippen LogP contribution in [-0.4, -0.2) is 37.6 Å². The summed E-state index contributed by atoms with van der Waals surface area (Å²) in [5, 5.41) is 28.3. The quantitative estimate of drug-likeness (QED) is 0.555. The maximum Gasteiger partial charge on any atom is 0.352 e. The molecule has 0 amide bonds. The third-order valence-electron chi connectivity index (χ3n) is 2.96. The number of aromatic nitrogens is 2. The highest BCUT2D eigenvalue weighted by Gasteiger charge is 2.37. The third-order valence-corrected chi connectivity index (χ3v) is 2.96. The number of nitrogens with two attached hydrogens (primary N) is 1. The summed E-state index contributed by atoms with van der Waals surface area (Å²) in [6.45, 7) is 1.26. The summed E-state index contributed by atoms with van der Waals surface area (Å²) >= 11 is 0. The first-order valence-corrected chi connectivity index (χ1v) is 5.74. The second-order valence-electron chi connectivity index (χ2n) is 4.11. The summed E-state index contributed by atoms with van der Waals surface area (Å²) in [5.41, 5.74) is 5.50. The first-order valence-electron chi connectivity index (χ1n) is 5.74. The van der Waals surface area contributed by atoms with Gasteiger partial charge >= 0.3 is 5.69 Å². The average molecular weight is 269 g/mol. The van der Waals surface area contributed by atoms with Crippen molar-refractivity contribution in [3.8, 4) is 0 Å². The van der Waals surface area contributed by atoms with Crippen molar-refractivity contribution in [3.63, 3.8) is 0 Å². The molecule has 104 valence electrons. The molecule has 1 aromatic heterocycles. The van der Waals surface area contributed by atoms with Gasteiger partial charge in [0, 0.05) is 11.8 Å². The highest BCUT2D eigenvalue weighted by atomic mass is 16.5. The zero-order valence-corrected chi connectivity index (χ0v) is 10.3. The van der Waals surface area contributed by atoms with Gasteiger partial charge in [-0.05, 0) is 6.42 Å². The highest BCUT2D eigenvalue weighted by molar-refractivity contribution is 5.36. The lowest BCUT2D eigenvalue weighted by molar-refractivity contribution is -0.0172. The lowest BCUT2D eigenvalue weighted by Gasteiger charge is -2.18. The number of anilines is 1. The van der Waals surface area contributed by atoms with E-state index in [1.54, 1.807) is 0 Å². The first kappa shape index (κ1) is 13.4. The van der Waals surface area contributed by atoms with E-state index in [1.165, 1.54) is 6.20 Å². The van der Waals surface area contributed by atoms with Gasteiger partial charge in [0.15, 0.2) is 17.6 Å². The Balaban J connectivity index is 2.42. The zero-order valence-electron chi connectivity index (χ0n) is 10.3. The minimum Gasteiger partial charge on any atom is -0.506 e. The van der Waals surface area contributed by atoms with Crippen LogP contribution >= 0.6 is 0 Å². The van der Waals surface area contributed by atoms with Gasteiger partial charge in [-0.3, -0.25) is 4.57 Å². The van der Waals surface area contributed by atoms with Crippen LogP contribution in [0.4, 0.5) is 5.82 Å². The van der Waals surface area contributed by atoms with Crippen molar-refractivity contribution < 1.29 is 20.1 Å². The largest absolute Gasteiger partial charge is 0.506 e. The van der Waals surface area contributed by atoms with E-state index in [-0.39, 0.29) is 11.6 Å². The van der Waals surface area contributed by atoms with E-state index < -0.39 is 30.4 Å². The molecule has 0 aliphatic carbocycles. The van der Waals surface area contributed by atoms with Crippen molar-refractivity contribution in [2.45, 2.75) is 25.7 Å². The van der Waals surface area contributed by atoms with Gasteiger partial charge in [-0.15, -0.1) is 0 Å². The molecular weight excluding hydrogens is 254 g/mol. The summed E-state index contributed by atoms with van der Waals surface area (Å²) in [6, 6.07) is 0. The van der Waals surface area contributed by atoms with Crippen LogP contribution in [-0.2, 0) is 11.2 Å². The number of ether oxygens (including phenoxy) is 1. The number of hydrogen-bond acceptors (Lipinski definition) is 7. The summed E-state index contributed by atoms with van der Waals surface area (Å²) in [6.07, 6.45) is -0.622. The Bertz CT molecular complexity index is 580. The fourth-order valence-electron chi connectivity index (χ4n) is 1.87. The topological polar surface area (TPSA) is 131 Å². The van der Waals surface area contributed by atoms with E-state index in [4.69, 9.17) is 15.6 Å². The van der Waals surface area contributed by atoms with E-state index in [1.807, 2.05) is 6.92 Å². The Morgan fingerprint density at radius 2 is 2.26 bits per heavy atom. The van der Waals surface area contributed by atoms with E-state index in [0.717, 1.165) is 4.57 Å². The molecule has 2 heterocycles. The predicted octanol–water partition coefficient (Wildman–Crippen LogP) is -0.960. The molecule has 8 nitrogen and oxygen atoms in total. The number of aryl methyl sites for hydroxylation is 1. The minimum atomic E-state index is -1.44. The number of aliphatic hydroxyl groups excluding tert-OH is 3. The molecule has 1 unspecified atom stereocenters. The molecule has 1 aromatic rings. The van der Waals surface area contributed by atoms with Crippen LogP contribution in [0.3, 0.4) is 0 Å². The lowest BCUT2D eigenvalue weighted by atomic mass is 10.2. The summed E-state index contributed by atoms with van der Waals surface area (Å²) < 4.78 is 6.19. The molecule has 19 heavy (non-hydrogen) atoms. The van der Waals surface area contributed by atoms with Gasteiger partial charge in [0.05, 0.1) is 0 Å². The molecule has 1 aliphatic rings. The number of rotatable bonds is 3. The first-order chi connectivity index (χ1) is 8.99. The monoisotopic (exact) mass is 269 g/mol. The van der Waals surface area contributed by atoms with Gasteiger partial charge < -0.3 is 25.8 Å². The normalized spacial score (nSPS) is 22.7. The van der Waals surface area contributed by atoms with Crippen LogP contribution < -0.4 is 11.4 Å². The number of hydrogen-bond donors (Lipinski definition) is 4. The number of nitrogens with zero attached hydrogens (tertiary/aromatic N) is 2. The van der Waals surface area contributed by atoms with Crippen molar-refractivity contribution in [1.82, 2.24) is 9.55 Å². The van der Waals surface area contributed by atoms with E-state index in [2.05, 4.69) is 4.98 Å². The second kappa shape index (κ2) is 4.90. The van der Waals surface area contributed by atoms with Gasteiger partial charge in [-0.2, -0.15) is 4.98 Å².